The number of halogens is 2. The summed E-state index contributed by atoms with van der Waals surface area (Å²) in [5, 5.41) is 2.93. The van der Waals surface area contributed by atoms with Crippen LogP contribution in [0.15, 0.2) is 22.7 Å². The van der Waals surface area contributed by atoms with Crippen LogP contribution in [0.2, 0.25) is 0 Å². The van der Waals surface area contributed by atoms with Crippen LogP contribution in [0.3, 0.4) is 0 Å². The van der Waals surface area contributed by atoms with Crippen molar-refractivity contribution in [3.8, 4) is 0 Å². The Labute approximate surface area is 145 Å². The van der Waals surface area contributed by atoms with Gasteiger partial charge in [-0.25, -0.2) is 9.18 Å². The molecule has 1 aromatic carbocycles. The number of nitrogens with zero attached hydrogens (tertiary/aromatic N) is 1. The van der Waals surface area contributed by atoms with Gasteiger partial charge in [-0.3, -0.25) is 4.90 Å². The molecule has 1 amide bonds. The van der Waals surface area contributed by atoms with E-state index in [1.807, 2.05) is 26.8 Å². The van der Waals surface area contributed by atoms with E-state index in [-0.39, 0.29) is 18.0 Å². The molecule has 6 heteroatoms. The number of hydrogen-bond donors (Lipinski definition) is 1. The highest BCUT2D eigenvalue weighted by Crippen LogP contribution is 2.21. The molecule has 1 saturated heterocycles. The van der Waals surface area contributed by atoms with Gasteiger partial charge in [0.05, 0.1) is 0 Å². The summed E-state index contributed by atoms with van der Waals surface area (Å²) in [5.41, 5.74) is 0.601. The highest BCUT2D eigenvalue weighted by molar-refractivity contribution is 9.10. The van der Waals surface area contributed by atoms with Crippen LogP contribution >= 0.6 is 15.9 Å². The van der Waals surface area contributed by atoms with Gasteiger partial charge in [-0.1, -0.05) is 22.0 Å². The van der Waals surface area contributed by atoms with Gasteiger partial charge in [-0.15, -0.1) is 0 Å². The molecule has 1 N–H and O–H groups in total. The van der Waals surface area contributed by atoms with E-state index in [4.69, 9.17) is 4.74 Å². The van der Waals surface area contributed by atoms with E-state index in [0.29, 0.717) is 0 Å². The standard InChI is InChI=1S/C17H24BrFN2O2/c1-17(2,3)23-16(22)20-14-6-8-21(9-7-14)11-12-4-5-13(19)10-15(12)18/h4-5,10,14H,6-9,11H2,1-3H3,(H,20,22). The quantitative estimate of drug-likeness (QED) is 0.850. The molecule has 0 radical (unpaired) electrons. The topological polar surface area (TPSA) is 41.6 Å². The number of alkyl carbamates (subject to hydrolysis) is 1. The minimum Gasteiger partial charge on any atom is -0.444 e. The fraction of sp³-hybridized carbons (Fsp3) is 0.588. The Bertz CT molecular complexity index is 552. The summed E-state index contributed by atoms with van der Waals surface area (Å²) >= 11 is 3.41. The summed E-state index contributed by atoms with van der Waals surface area (Å²) in [6.07, 6.45) is 1.42. The summed E-state index contributed by atoms with van der Waals surface area (Å²) in [6, 6.07) is 4.94. The summed E-state index contributed by atoms with van der Waals surface area (Å²) < 4.78 is 19.2. The number of benzene rings is 1. The molecular formula is C17H24BrFN2O2. The van der Waals surface area contributed by atoms with Crippen molar-refractivity contribution in [1.29, 1.82) is 0 Å². The predicted octanol–water partition coefficient (Wildman–Crippen LogP) is 4.08. The second-order valence-corrected chi connectivity index (χ2v) is 7.79. The minimum absolute atomic E-state index is 0.151. The Hall–Kier alpha value is -1.14. The average molecular weight is 387 g/mol. The lowest BCUT2D eigenvalue weighted by molar-refractivity contribution is 0.0477. The molecule has 2 rings (SSSR count). The van der Waals surface area contributed by atoms with E-state index in [0.717, 1.165) is 42.5 Å². The fourth-order valence-electron chi connectivity index (χ4n) is 2.60. The molecule has 23 heavy (non-hydrogen) atoms. The lowest BCUT2D eigenvalue weighted by Gasteiger charge is -2.33. The number of carbonyl (C=O) groups is 1. The second-order valence-electron chi connectivity index (χ2n) is 6.93. The number of likely N-dealkylation sites (tertiary alicyclic amines) is 1. The summed E-state index contributed by atoms with van der Waals surface area (Å²) in [4.78, 5) is 14.1. The first-order chi connectivity index (χ1) is 10.7. The Morgan fingerprint density at radius 1 is 1.39 bits per heavy atom. The zero-order valence-corrected chi connectivity index (χ0v) is 15.5. The highest BCUT2D eigenvalue weighted by atomic mass is 79.9. The van der Waals surface area contributed by atoms with Gasteiger partial charge in [-0.2, -0.15) is 0 Å². The fourth-order valence-corrected chi connectivity index (χ4v) is 3.08. The van der Waals surface area contributed by atoms with Gasteiger partial charge in [0.1, 0.15) is 11.4 Å². The molecule has 0 saturated carbocycles. The third-order valence-corrected chi connectivity index (χ3v) is 4.46. The van der Waals surface area contributed by atoms with Gasteiger partial charge in [0.15, 0.2) is 0 Å². The van der Waals surface area contributed by atoms with Crippen molar-refractivity contribution in [1.82, 2.24) is 10.2 Å². The van der Waals surface area contributed by atoms with Crippen molar-refractivity contribution in [2.24, 2.45) is 0 Å². The number of rotatable bonds is 3. The SMILES string of the molecule is CC(C)(C)OC(=O)NC1CCN(Cc2ccc(F)cc2Br)CC1. The zero-order valence-electron chi connectivity index (χ0n) is 13.9. The molecule has 0 aromatic heterocycles. The lowest BCUT2D eigenvalue weighted by atomic mass is 10.0. The average Bonchev–Trinajstić information content (AvgIpc) is 2.42. The second kappa shape index (κ2) is 7.62. The number of amides is 1. The van der Waals surface area contributed by atoms with E-state index >= 15 is 0 Å². The van der Waals surface area contributed by atoms with Crippen molar-refractivity contribution in [2.45, 2.75) is 51.8 Å². The maximum absolute atomic E-state index is 13.1. The van der Waals surface area contributed by atoms with Gasteiger partial charge < -0.3 is 10.1 Å². The summed E-state index contributed by atoms with van der Waals surface area (Å²) in [7, 11) is 0. The minimum atomic E-state index is -0.473. The predicted molar refractivity (Wildman–Crippen MR) is 91.8 cm³/mol. The highest BCUT2D eigenvalue weighted by Gasteiger charge is 2.23. The third kappa shape index (κ3) is 6.11. The van der Waals surface area contributed by atoms with E-state index < -0.39 is 5.60 Å². The molecule has 128 valence electrons. The van der Waals surface area contributed by atoms with E-state index in [9.17, 15) is 9.18 Å². The normalized spacial score (nSPS) is 17.1. The lowest BCUT2D eigenvalue weighted by Crippen LogP contribution is -2.45. The van der Waals surface area contributed by atoms with Crippen LogP contribution in [0.1, 0.15) is 39.2 Å². The number of nitrogens with one attached hydrogen (secondary N) is 1. The maximum Gasteiger partial charge on any atom is 0.407 e. The van der Waals surface area contributed by atoms with Crippen LogP contribution in [0.4, 0.5) is 9.18 Å². The number of piperidine rings is 1. The van der Waals surface area contributed by atoms with Gasteiger partial charge in [0.2, 0.25) is 0 Å². The van der Waals surface area contributed by atoms with Crippen LogP contribution in [0, 0.1) is 5.82 Å². The van der Waals surface area contributed by atoms with E-state index in [1.54, 1.807) is 0 Å². The molecule has 1 aliphatic rings. The van der Waals surface area contributed by atoms with Crippen LogP contribution in [-0.4, -0.2) is 35.7 Å². The molecule has 0 bridgehead atoms. The first kappa shape index (κ1) is 18.2. The molecular weight excluding hydrogens is 363 g/mol. The molecule has 0 atom stereocenters. The Morgan fingerprint density at radius 2 is 2.04 bits per heavy atom. The monoisotopic (exact) mass is 386 g/mol. The zero-order chi connectivity index (χ0) is 17.0. The molecule has 1 heterocycles. The Balaban J connectivity index is 1.79. The first-order valence-corrected chi connectivity index (χ1v) is 8.68. The van der Waals surface area contributed by atoms with Gasteiger partial charge in [0.25, 0.3) is 0 Å². The van der Waals surface area contributed by atoms with Crippen molar-refractivity contribution >= 4 is 22.0 Å². The Kier molecular flexibility index (Phi) is 6.03. The van der Waals surface area contributed by atoms with Crippen molar-refractivity contribution in [3.05, 3.63) is 34.1 Å². The molecule has 1 aromatic rings. The first-order valence-electron chi connectivity index (χ1n) is 7.89. The molecule has 1 fully saturated rings. The van der Waals surface area contributed by atoms with Crippen LogP contribution in [0.5, 0.6) is 0 Å². The van der Waals surface area contributed by atoms with Gasteiger partial charge in [-0.05, 0) is 51.3 Å². The number of ether oxygens (including phenoxy) is 1. The third-order valence-electron chi connectivity index (χ3n) is 3.72. The van der Waals surface area contributed by atoms with Crippen molar-refractivity contribution in [2.75, 3.05) is 13.1 Å². The van der Waals surface area contributed by atoms with Crippen LogP contribution in [-0.2, 0) is 11.3 Å². The number of hydrogen-bond acceptors (Lipinski definition) is 3. The maximum atomic E-state index is 13.1. The molecule has 1 aliphatic heterocycles. The van der Waals surface area contributed by atoms with Gasteiger partial charge >= 0.3 is 6.09 Å². The molecule has 0 unspecified atom stereocenters. The smallest absolute Gasteiger partial charge is 0.407 e. The molecule has 0 aliphatic carbocycles. The molecule has 4 nitrogen and oxygen atoms in total. The van der Waals surface area contributed by atoms with Crippen LogP contribution in [0.25, 0.3) is 0 Å². The summed E-state index contributed by atoms with van der Waals surface area (Å²) in [6.45, 7) is 8.13. The van der Waals surface area contributed by atoms with Crippen molar-refractivity contribution in [3.63, 3.8) is 0 Å². The van der Waals surface area contributed by atoms with Gasteiger partial charge in [0, 0.05) is 30.1 Å². The largest absolute Gasteiger partial charge is 0.444 e. The van der Waals surface area contributed by atoms with E-state index in [1.165, 1.54) is 12.1 Å². The molecule has 0 spiro atoms. The van der Waals surface area contributed by atoms with E-state index in [2.05, 4.69) is 26.1 Å². The summed E-state index contributed by atoms with van der Waals surface area (Å²) in [5.74, 6) is -0.235. The number of carbonyl (C=O) groups excluding carboxylic acids is 1. The van der Waals surface area contributed by atoms with Crippen molar-refractivity contribution < 1.29 is 13.9 Å². The van der Waals surface area contributed by atoms with Crippen LogP contribution < -0.4 is 5.32 Å². The Morgan fingerprint density at radius 3 is 2.61 bits per heavy atom.